The number of likely N-dealkylation sites (tertiary alicyclic amines) is 1. The second-order valence-electron chi connectivity index (χ2n) is 7.94. The molecule has 0 radical (unpaired) electrons. The Labute approximate surface area is 149 Å². The molecule has 1 saturated heterocycles. The van der Waals surface area contributed by atoms with E-state index >= 15 is 0 Å². The Hall–Kier alpha value is -1.46. The number of β-amino-alcohol motifs (C(OH)–C–C–N with tert-alkyl or cyclic N) is 1. The minimum atomic E-state index is -0.847. The lowest BCUT2D eigenvalue weighted by Gasteiger charge is -2.29. The summed E-state index contributed by atoms with van der Waals surface area (Å²) in [5.41, 5.74) is 0.166. The van der Waals surface area contributed by atoms with E-state index in [1.165, 1.54) is 37.8 Å². The van der Waals surface area contributed by atoms with Crippen molar-refractivity contribution in [1.29, 1.82) is 0 Å². The predicted molar refractivity (Wildman–Crippen MR) is 95.5 cm³/mol. The summed E-state index contributed by atoms with van der Waals surface area (Å²) in [6, 6.07) is 6.44. The third kappa shape index (κ3) is 5.02. The highest BCUT2D eigenvalue weighted by Gasteiger charge is 2.39. The standard InChI is InChI=1S/C20H29FN2O2/c1-22(13-17-6-8-18(21)9-7-17)14-20(25)10-11-23(15-20)19(24)12-16-4-2-3-5-16/h6-9,16,25H,2-5,10-15H2,1H3. The first-order valence-corrected chi connectivity index (χ1v) is 9.37. The van der Waals surface area contributed by atoms with Gasteiger partial charge in [0, 0.05) is 26.1 Å². The second-order valence-corrected chi connectivity index (χ2v) is 7.94. The maximum absolute atomic E-state index is 13.0. The van der Waals surface area contributed by atoms with Crippen LogP contribution in [0.3, 0.4) is 0 Å². The van der Waals surface area contributed by atoms with Crippen molar-refractivity contribution in [2.75, 3.05) is 26.7 Å². The van der Waals surface area contributed by atoms with Crippen LogP contribution in [-0.2, 0) is 11.3 Å². The number of hydrogen-bond acceptors (Lipinski definition) is 3. The highest BCUT2D eigenvalue weighted by molar-refractivity contribution is 5.77. The summed E-state index contributed by atoms with van der Waals surface area (Å²) in [5, 5.41) is 10.9. The van der Waals surface area contributed by atoms with E-state index in [1.54, 1.807) is 12.1 Å². The Balaban J connectivity index is 1.48. The summed E-state index contributed by atoms with van der Waals surface area (Å²) in [4.78, 5) is 16.3. The van der Waals surface area contributed by atoms with Crippen molar-refractivity contribution in [2.24, 2.45) is 5.92 Å². The average molecular weight is 348 g/mol. The Morgan fingerprint density at radius 1 is 1.32 bits per heavy atom. The molecule has 5 heteroatoms. The van der Waals surface area contributed by atoms with E-state index in [4.69, 9.17) is 0 Å². The largest absolute Gasteiger partial charge is 0.387 e. The van der Waals surface area contributed by atoms with Gasteiger partial charge in [0.05, 0.1) is 12.1 Å². The molecule has 2 aliphatic rings. The molecule has 0 bridgehead atoms. The number of aliphatic hydroxyl groups is 1. The third-order valence-electron chi connectivity index (χ3n) is 5.55. The minimum Gasteiger partial charge on any atom is -0.387 e. The van der Waals surface area contributed by atoms with E-state index in [2.05, 4.69) is 0 Å². The Bertz CT molecular complexity index is 586. The van der Waals surface area contributed by atoms with Crippen LogP contribution >= 0.6 is 0 Å². The molecule has 1 aromatic rings. The lowest BCUT2D eigenvalue weighted by molar-refractivity contribution is -0.132. The zero-order chi connectivity index (χ0) is 17.9. The van der Waals surface area contributed by atoms with Crippen LogP contribution in [0, 0.1) is 11.7 Å². The molecule has 4 nitrogen and oxygen atoms in total. The van der Waals surface area contributed by atoms with Gasteiger partial charge in [0.2, 0.25) is 5.91 Å². The molecule has 1 heterocycles. The molecule has 3 rings (SSSR count). The fraction of sp³-hybridized carbons (Fsp3) is 0.650. The summed E-state index contributed by atoms with van der Waals surface area (Å²) in [6.45, 7) is 2.23. The molecule has 25 heavy (non-hydrogen) atoms. The van der Waals surface area contributed by atoms with Gasteiger partial charge in [0.25, 0.3) is 0 Å². The van der Waals surface area contributed by atoms with Crippen molar-refractivity contribution in [2.45, 2.75) is 50.7 Å². The van der Waals surface area contributed by atoms with Crippen LogP contribution in [0.5, 0.6) is 0 Å². The lowest BCUT2D eigenvalue weighted by atomic mass is 10.0. The van der Waals surface area contributed by atoms with Crippen LogP contribution in [-0.4, -0.2) is 53.1 Å². The first-order chi connectivity index (χ1) is 11.9. The van der Waals surface area contributed by atoms with Crippen LogP contribution < -0.4 is 0 Å². The summed E-state index contributed by atoms with van der Waals surface area (Å²) < 4.78 is 13.0. The quantitative estimate of drug-likeness (QED) is 0.860. The number of rotatable bonds is 6. The van der Waals surface area contributed by atoms with Crippen LogP contribution in [0.4, 0.5) is 4.39 Å². The van der Waals surface area contributed by atoms with E-state index in [0.29, 0.717) is 44.9 Å². The molecule has 1 aliphatic heterocycles. The van der Waals surface area contributed by atoms with Crippen molar-refractivity contribution in [3.05, 3.63) is 35.6 Å². The van der Waals surface area contributed by atoms with Gasteiger partial charge < -0.3 is 10.0 Å². The Morgan fingerprint density at radius 2 is 2.00 bits per heavy atom. The Morgan fingerprint density at radius 3 is 2.68 bits per heavy atom. The molecule has 1 amide bonds. The smallest absolute Gasteiger partial charge is 0.222 e. The molecular weight excluding hydrogens is 319 g/mol. The fourth-order valence-corrected chi connectivity index (χ4v) is 4.25. The fourth-order valence-electron chi connectivity index (χ4n) is 4.25. The van der Waals surface area contributed by atoms with Crippen LogP contribution in [0.2, 0.25) is 0 Å². The van der Waals surface area contributed by atoms with Crippen molar-refractivity contribution in [1.82, 2.24) is 9.80 Å². The zero-order valence-electron chi connectivity index (χ0n) is 15.1. The summed E-state index contributed by atoms with van der Waals surface area (Å²) in [6.07, 6.45) is 6.10. The van der Waals surface area contributed by atoms with E-state index in [9.17, 15) is 14.3 Å². The molecule has 0 spiro atoms. The number of hydrogen-bond donors (Lipinski definition) is 1. The van der Waals surface area contributed by atoms with Crippen molar-refractivity contribution in [3.8, 4) is 0 Å². The topological polar surface area (TPSA) is 43.8 Å². The molecule has 1 unspecified atom stereocenters. The lowest BCUT2D eigenvalue weighted by Crippen LogP contribution is -2.44. The molecule has 1 atom stereocenters. The SMILES string of the molecule is CN(Cc1ccc(F)cc1)CC1(O)CCN(C(=O)CC2CCCC2)C1. The van der Waals surface area contributed by atoms with Gasteiger partial charge in [-0.2, -0.15) is 0 Å². The van der Waals surface area contributed by atoms with E-state index in [1.807, 2.05) is 16.8 Å². The molecule has 0 aromatic heterocycles. The van der Waals surface area contributed by atoms with Gasteiger partial charge in [-0.05, 0) is 49.9 Å². The zero-order valence-corrected chi connectivity index (χ0v) is 15.1. The van der Waals surface area contributed by atoms with Crippen molar-refractivity contribution in [3.63, 3.8) is 0 Å². The molecule has 1 aromatic carbocycles. The van der Waals surface area contributed by atoms with Crippen LogP contribution in [0.25, 0.3) is 0 Å². The number of carbonyl (C=O) groups is 1. The molecule has 1 saturated carbocycles. The summed E-state index contributed by atoms with van der Waals surface area (Å²) in [7, 11) is 1.95. The monoisotopic (exact) mass is 348 g/mol. The minimum absolute atomic E-state index is 0.198. The van der Waals surface area contributed by atoms with Gasteiger partial charge in [-0.25, -0.2) is 4.39 Å². The number of likely N-dealkylation sites (N-methyl/N-ethyl adjacent to an activating group) is 1. The molecule has 138 valence electrons. The molecule has 1 aliphatic carbocycles. The maximum atomic E-state index is 13.0. The van der Waals surface area contributed by atoms with Crippen molar-refractivity contribution < 1.29 is 14.3 Å². The number of carbonyl (C=O) groups excluding carboxylic acids is 1. The molecular formula is C20H29FN2O2. The van der Waals surface area contributed by atoms with Gasteiger partial charge in [0.1, 0.15) is 5.82 Å². The second kappa shape index (κ2) is 7.83. The van der Waals surface area contributed by atoms with Gasteiger partial charge >= 0.3 is 0 Å². The number of benzene rings is 1. The van der Waals surface area contributed by atoms with E-state index in [0.717, 1.165) is 5.56 Å². The third-order valence-corrected chi connectivity index (χ3v) is 5.55. The first kappa shape index (κ1) is 18.3. The van der Waals surface area contributed by atoms with Gasteiger partial charge in [-0.1, -0.05) is 25.0 Å². The van der Waals surface area contributed by atoms with E-state index < -0.39 is 5.60 Å². The number of halogens is 1. The normalized spacial score (nSPS) is 24.4. The van der Waals surface area contributed by atoms with Crippen LogP contribution in [0.15, 0.2) is 24.3 Å². The van der Waals surface area contributed by atoms with Crippen LogP contribution in [0.1, 0.15) is 44.1 Å². The van der Waals surface area contributed by atoms with Gasteiger partial charge in [-0.3, -0.25) is 9.69 Å². The number of nitrogens with zero attached hydrogens (tertiary/aromatic N) is 2. The maximum Gasteiger partial charge on any atom is 0.222 e. The highest BCUT2D eigenvalue weighted by Crippen LogP contribution is 2.30. The summed E-state index contributed by atoms with van der Waals surface area (Å²) in [5.74, 6) is 0.503. The summed E-state index contributed by atoms with van der Waals surface area (Å²) >= 11 is 0. The van der Waals surface area contributed by atoms with Gasteiger partial charge in [0.15, 0.2) is 0 Å². The molecule has 1 N–H and O–H groups in total. The first-order valence-electron chi connectivity index (χ1n) is 9.37. The van der Waals surface area contributed by atoms with E-state index in [-0.39, 0.29) is 11.7 Å². The average Bonchev–Trinajstić information content (AvgIpc) is 3.19. The van der Waals surface area contributed by atoms with Crippen molar-refractivity contribution >= 4 is 5.91 Å². The predicted octanol–water partition coefficient (Wildman–Crippen LogP) is 2.80. The van der Waals surface area contributed by atoms with Gasteiger partial charge in [-0.15, -0.1) is 0 Å². The number of amides is 1. The molecule has 2 fully saturated rings. The highest BCUT2D eigenvalue weighted by atomic mass is 19.1. The Kier molecular flexibility index (Phi) is 5.74.